The van der Waals surface area contributed by atoms with E-state index in [1.165, 1.54) is 44.3 Å². The molecular weight excluding hydrogens is 328 g/mol. The third kappa shape index (κ3) is 3.12. The van der Waals surface area contributed by atoms with Gasteiger partial charge in [0.2, 0.25) is 5.69 Å². The molecule has 2 aromatic heterocycles. The van der Waals surface area contributed by atoms with Crippen LogP contribution < -0.4 is 4.57 Å². The van der Waals surface area contributed by atoms with Gasteiger partial charge in [-0.1, -0.05) is 23.8 Å². The lowest BCUT2D eigenvalue weighted by Gasteiger charge is -2.12. The van der Waals surface area contributed by atoms with E-state index in [1.54, 1.807) is 0 Å². The minimum absolute atomic E-state index is 1.01. The second kappa shape index (κ2) is 6.62. The van der Waals surface area contributed by atoms with Gasteiger partial charge in [0.05, 0.1) is 16.6 Å². The quantitative estimate of drug-likeness (QED) is 0.427. The van der Waals surface area contributed by atoms with Crippen molar-refractivity contribution in [2.75, 3.05) is 0 Å². The molecule has 4 rings (SSSR count). The third-order valence-electron chi connectivity index (χ3n) is 5.41. The Labute approximate surface area is 161 Å². The van der Waals surface area contributed by atoms with Crippen molar-refractivity contribution in [3.8, 4) is 22.5 Å². The van der Waals surface area contributed by atoms with Crippen molar-refractivity contribution in [1.29, 1.82) is 0 Å². The maximum absolute atomic E-state index is 4.59. The van der Waals surface area contributed by atoms with Crippen LogP contribution in [-0.2, 0) is 7.05 Å². The lowest BCUT2D eigenvalue weighted by molar-refractivity contribution is -0.659. The molecule has 2 nitrogen and oxygen atoms in total. The van der Waals surface area contributed by atoms with Crippen LogP contribution in [0.25, 0.3) is 33.3 Å². The molecule has 0 saturated carbocycles. The Kier molecular flexibility index (Phi) is 4.27. The fourth-order valence-corrected chi connectivity index (χ4v) is 3.79. The Bertz CT molecular complexity index is 1160. The summed E-state index contributed by atoms with van der Waals surface area (Å²) in [7, 11) is 2.13. The summed E-state index contributed by atoms with van der Waals surface area (Å²) in [6, 6.07) is 17.6. The molecule has 134 valence electrons. The lowest BCUT2D eigenvalue weighted by Crippen LogP contribution is -2.30. The maximum Gasteiger partial charge on any atom is 0.220 e. The summed E-state index contributed by atoms with van der Waals surface area (Å²) in [5.74, 6) is 0. The van der Waals surface area contributed by atoms with E-state index in [9.17, 15) is 0 Å². The molecule has 0 spiro atoms. The second-order valence-electron chi connectivity index (χ2n) is 7.55. The van der Waals surface area contributed by atoms with Crippen LogP contribution in [0.3, 0.4) is 0 Å². The monoisotopic (exact) mass is 353 g/mol. The molecule has 0 fully saturated rings. The summed E-state index contributed by atoms with van der Waals surface area (Å²) >= 11 is 0. The summed E-state index contributed by atoms with van der Waals surface area (Å²) in [5.41, 5.74) is 9.89. The van der Waals surface area contributed by atoms with Gasteiger partial charge in [-0.2, -0.15) is 0 Å². The molecule has 2 heterocycles. The van der Waals surface area contributed by atoms with Gasteiger partial charge in [0.1, 0.15) is 7.05 Å². The van der Waals surface area contributed by atoms with Crippen LogP contribution in [0.15, 0.2) is 60.9 Å². The van der Waals surface area contributed by atoms with E-state index in [-0.39, 0.29) is 0 Å². The average Bonchev–Trinajstić information content (AvgIpc) is 2.65. The van der Waals surface area contributed by atoms with Crippen LogP contribution >= 0.6 is 0 Å². The maximum atomic E-state index is 4.59. The molecule has 2 aromatic carbocycles. The summed E-state index contributed by atoms with van der Waals surface area (Å²) < 4.78 is 2.23. The first-order valence-corrected chi connectivity index (χ1v) is 9.37. The fourth-order valence-electron chi connectivity index (χ4n) is 3.79. The van der Waals surface area contributed by atoms with Gasteiger partial charge in [-0.3, -0.25) is 4.98 Å². The Morgan fingerprint density at radius 1 is 0.815 bits per heavy atom. The molecule has 0 amide bonds. The number of hydrogen-bond donors (Lipinski definition) is 0. The number of aromatic nitrogens is 2. The van der Waals surface area contributed by atoms with E-state index in [0.29, 0.717) is 0 Å². The van der Waals surface area contributed by atoms with Crippen LogP contribution in [0.4, 0.5) is 0 Å². The van der Waals surface area contributed by atoms with Crippen LogP contribution in [0.5, 0.6) is 0 Å². The SMILES string of the molecule is Cc1ccc(-c2ccc3c(-c4cc(C)cc(C)c4C)[n+](C)ccc3c2)nc1. The van der Waals surface area contributed by atoms with Gasteiger partial charge in [0.25, 0.3) is 0 Å². The molecule has 2 heteroatoms. The highest BCUT2D eigenvalue weighted by molar-refractivity contribution is 5.96. The van der Waals surface area contributed by atoms with Crippen LogP contribution in [0, 0.1) is 27.7 Å². The van der Waals surface area contributed by atoms with Crippen LogP contribution in [0.2, 0.25) is 0 Å². The second-order valence-corrected chi connectivity index (χ2v) is 7.55. The fraction of sp³-hybridized carbons (Fsp3) is 0.200. The molecule has 0 aliphatic rings. The highest BCUT2D eigenvalue weighted by atomic mass is 14.9. The number of benzene rings is 2. The van der Waals surface area contributed by atoms with Gasteiger partial charge in [0, 0.05) is 17.8 Å². The van der Waals surface area contributed by atoms with Gasteiger partial charge >= 0.3 is 0 Å². The van der Waals surface area contributed by atoms with Crippen LogP contribution in [-0.4, -0.2) is 4.98 Å². The Morgan fingerprint density at radius 2 is 1.63 bits per heavy atom. The molecule has 4 aromatic rings. The Balaban J connectivity index is 1.95. The summed E-state index contributed by atoms with van der Waals surface area (Å²) in [6.45, 7) is 8.64. The minimum Gasteiger partial charge on any atom is -0.256 e. The summed E-state index contributed by atoms with van der Waals surface area (Å²) in [6.07, 6.45) is 4.08. The number of hydrogen-bond acceptors (Lipinski definition) is 1. The number of rotatable bonds is 2. The Hall–Kier alpha value is -3.00. The molecule has 0 atom stereocenters. The summed E-state index contributed by atoms with van der Waals surface area (Å²) in [4.78, 5) is 4.59. The number of aryl methyl sites for hydroxylation is 4. The van der Waals surface area contributed by atoms with E-state index in [4.69, 9.17) is 0 Å². The van der Waals surface area contributed by atoms with Crippen molar-refractivity contribution in [2.45, 2.75) is 27.7 Å². The van der Waals surface area contributed by atoms with Gasteiger partial charge in [-0.15, -0.1) is 0 Å². The van der Waals surface area contributed by atoms with Gasteiger partial charge in [0.15, 0.2) is 6.20 Å². The van der Waals surface area contributed by atoms with Crippen molar-refractivity contribution in [1.82, 2.24) is 4.98 Å². The first-order valence-electron chi connectivity index (χ1n) is 9.37. The third-order valence-corrected chi connectivity index (χ3v) is 5.41. The normalized spacial score (nSPS) is 11.1. The molecule has 0 unspecified atom stereocenters. The van der Waals surface area contributed by atoms with E-state index in [1.807, 2.05) is 6.20 Å². The van der Waals surface area contributed by atoms with Crippen molar-refractivity contribution < 1.29 is 4.57 Å². The molecule has 0 bridgehead atoms. The lowest BCUT2D eigenvalue weighted by atomic mass is 9.94. The molecular formula is C25H25N2+. The molecule has 0 aliphatic heterocycles. The molecule has 0 saturated heterocycles. The molecule has 27 heavy (non-hydrogen) atoms. The average molecular weight is 353 g/mol. The standard InChI is InChI=1S/C25H25N2/c1-16-6-9-24(26-15-16)21-7-8-22-20(14-21)10-11-27(5)25(22)23-13-17(2)12-18(3)19(23)4/h6-15H,1-5H3/q+1. The highest BCUT2D eigenvalue weighted by Gasteiger charge is 2.18. The van der Waals surface area contributed by atoms with Crippen molar-refractivity contribution in [3.63, 3.8) is 0 Å². The van der Waals surface area contributed by atoms with Crippen LogP contribution in [0.1, 0.15) is 22.3 Å². The number of pyridine rings is 2. The van der Waals surface area contributed by atoms with E-state index in [2.05, 4.69) is 99.0 Å². The molecule has 0 aliphatic carbocycles. The van der Waals surface area contributed by atoms with Gasteiger partial charge in [-0.25, -0.2) is 4.57 Å². The summed E-state index contributed by atoms with van der Waals surface area (Å²) in [5, 5.41) is 2.51. The zero-order valence-corrected chi connectivity index (χ0v) is 16.7. The topological polar surface area (TPSA) is 16.8 Å². The van der Waals surface area contributed by atoms with Gasteiger partial charge in [-0.05, 0) is 74.0 Å². The van der Waals surface area contributed by atoms with Gasteiger partial charge < -0.3 is 0 Å². The van der Waals surface area contributed by atoms with E-state index < -0.39 is 0 Å². The smallest absolute Gasteiger partial charge is 0.220 e. The highest BCUT2D eigenvalue weighted by Crippen LogP contribution is 2.32. The van der Waals surface area contributed by atoms with Crippen molar-refractivity contribution >= 4 is 10.8 Å². The van der Waals surface area contributed by atoms with Crippen molar-refractivity contribution in [3.05, 3.63) is 83.2 Å². The zero-order valence-electron chi connectivity index (χ0n) is 16.7. The van der Waals surface area contributed by atoms with E-state index in [0.717, 1.165) is 11.3 Å². The zero-order chi connectivity index (χ0) is 19.1. The predicted octanol–water partition coefficient (Wildman–Crippen LogP) is 5.63. The Morgan fingerprint density at radius 3 is 2.37 bits per heavy atom. The van der Waals surface area contributed by atoms with Crippen molar-refractivity contribution in [2.24, 2.45) is 7.05 Å². The minimum atomic E-state index is 1.01. The number of fused-ring (bicyclic) bond motifs is 1. The largest absolute Gasteiger partial charge is 0.256 e. The molecule has 0 radical (unpaired) electrons. The first kappa shape index (κ1) is 17.4. The number of nitrogens with zero attached hydrogens (tertiary/aromatic N) is 2. The van der Waals surface area contributed by atoms with E-state index >= 15 is 0 Å². The predicted molar refractivity (Wildman–Crippen MR) is 113 cm³/mol. The first-order chi connectivity index (χ1) is 12.9. The molecule has 0 N–H and O–H groups in total.